The van der Waals surface area contributed by atoms with E-state index in [2.05, 4.69) is 13.8 Å². The molecule has 1 saturated heterocycles. The molecule has 0 unspecified atom stereocenters. The van der Waals surface area contributed by atoms with E-state index in [1.54, 1.807) is 0 Å². The van der Waals surface area contributed by atoms with Gasteiger partial charge in [-0.05, 0) is 33.6 Å². The number of hydrogen-bond donors (Lipinski definition) is 0. The molecular weight excluding hydrogens is 265 g/mol. The molecule has 0 aromatic carbocycles. The first-order valence-electron chi connectivity index (χ1n) is 6.55. The van der Waals surface area contributed by atoms with Crippen molar-refractivity contribution in [3.8, 4) is 0 Å². The summed E-state index contributed by atoms with van der Waals surface area (Å²) < 4.78 is 5.38. The van der Waals surface area contributed by atoms with Crippen LogP contribution in [0, 0.1) is 11.8 Å². The van der Waals surface area contributed by atoms with E-state index in [4.69, 9.17) is 4.74 Å². The molecule has 1 aliphatic rings. The predicted octanol–water partition coefficient (Wildman–Crippen LogP) is 3.64. The van der Waals surface area contributed by atoms with Gasteiger partial charge in [-0.15, -0.1) is 0 Å². The smallest absolute Gasteiger partial charge is 0.410 e. The van der Waals surface area contributed by atoms with Crippen molar-refractivity contribution in [2.24, 2.45) is 5.92 Å². The predicted molar refractivity (Wildman–Crippen MR) is 69.7 cm³/mol. The zero-order valence-electron chi connectivity index (χ0n) is 12.3. The minimum Gasteiger partial charge on any atom is -0.444 e. The maximum Gasteiger partial charge on any atom is 0.410 e. The van der Waals surface area contributed by atoms with Crippen molar-refractivity contribution in [1.29, 1.82) is 0 Å². The Morgan fingerprint density at radius 3 is 2.17 bits per heavy atom. The van der Waals surface area contributed by atoms with Gasteiger partial charge < -0.3 is 15.6 Å². The number of likely N-dealkylation sites (tertiary alicyclic amines) is 1. The van der Waals surface area contributed by atoms with E-state index in [1.165, 1.54) is 12.3 Å². The monoisotopic (exact) mass is 291 g/mol. The van der Waals surface area contributed by atoms with Crippen molar-refractivity contribution >= 4 is 6.09 Å². The summed E-state index contributed by atoms with van der Waals surface area (Å²) in [6, 6.07) is 0. The summed E-state index contributed by atoms with van der Waals surface area (Å²) >= 11 is 0. The fourth-order valence-electron chi connectivity index (χ4n) is 2.22. The topological polar surface area (TPSA) is 29.5 Å². The molecule has 1 radical (unpaired) electrons. The van der Waals surface area contributed by atoms with E-state index in [0.29, 0.717) is 0 Å². The number of carbonyl (C=O) groups is 1. The van der Waals surface area contributed by atoms with Crippen LogP contribution in [0.15, 0.2) is 0 Å². The summed E-state index contributed by atoms with van der Waals surface area (Å²) in [4.78, 5) is 13.7. The van der Waals surface area contributed by atoms with Crippen molar-refractivity contribution < 1.29 is 28.1 Å². The van der Waals surface area contributed by atoms with Crippen LogP contribution in [0.25, 0.3) is 0 Å². The van der Waals surface area contributed by atoms with Crippen LogP contribution in [0.4, 0.5) is 4.79 Å². The molecule has 1 heterocycles. The van der Waals surface area contributed by atoms with Gasteiger partial charge in [-0.25, -0.2) is 4.79 Å². The van der Waals surface area contributed by atoms with E-state index >= 15 is 0 Å². The Hall–Kier alpha value is -0.146. The summed E-state index contributed by atoms with van der Waals surface area (Å²) in [5.74, 6) is 2.24. The van der Waals surface area contributed by atoms with Crippen LogP contribution in [0.5, 0.6) is 0 Å². The number of rotatable bonds is 2. The maximum absolute atomic E-state index is 11.8. The van der Waals surface area contributed by atoms with Crippen molar-refractivity contribution in [1.82, 2.24) is 4.90 Å². The third-order valence-electron chi connectivity index (χ3n) is 2.96. The van der Waals surface area contributed by atoms with Gasteiger partial charge >= 0.3 is 6.09 Å². The molecule has 1 aliphatic heterocycles. The fourth-order valence-corrected chi connectivity index (χ4v) is 2.22. The third kappa shape index (κ3) is 6.70. The molecule has 0 spiro atoms. The van der Waals surface area contributed by atoms with Gasteiger partial charge in [0.25, 0.3) is 0 Å². The Balaban J connectivity index is 0.00000289. The molecule has 0 aromatic rings. The van der Waals surface area contributed by atoms with Gasteiger partial charge in [0.2, 0.25) is 0 Å². The standard InChI is InChI=1S/C14H26NO2.V/c1-11(2)10-12-6-8-15(9-7-12)13(16)17-14(3,4)5;/h12H,6-10H2,1-5H3;/q-1;. The average Bonchev–Trinajstić information content (AvgIpc) is 2.15. The van der Waals surface area contributed by atoms with Crippen LogP contribution < -0.4 is 0 Å². The van der Waals surface area contributed by atoms with Gasteiger partial charge in [0, 0.05) is 31.6 Å². The molecule has 1 amide bonds. The van der Waals surface area contributed by atoms with E-state index < -0.39 is 0 Å². The molecule has 1 fully saturated rings. The molecule has 4 heteroatoms. The second kappa shape index (κ2) is 7.45. The molecule has 3 nitrogen and oxygen atoms in total. The first-order valence-corrected chi connectivity index (χ1v) is 6.55. The van der Waals surface area contributed by atoms with Gasteiger partial charge in [0.1, 0.15) is 5.60 Å². The number of amides is 1. The number of hydrogen-bond acceptors (Lipinski definition) is 2. The Morgan fingerprint density at radius 2 is 1.78 bits per heavy atom. The van der Waals surface area contributed by atoms with Crippen LogP contribution in [0.2, 0.25) is 0 Å². The fraction of sp³-hybridized carbons (Fsp3) is 0.857. The Labute approximate surface area is 124 Å². The average molecular weight is 291 g/mol. The van der Waals surface area contributed by atoms with Crippen LogP contribution in [0.1, 0.15) is 53.9 Å². The second-order valence-corrected chi connectivity index (χ2v) is 6.32. The van der Waals surface area contributed by atoms with Gasteiger partial charge in [-0.2, -0.15) is 20.3 Å². The van der Waals surface area contributed by atoms with Crippen molar-refractivity contribution in [2.75, 3.05) is 13.1 Å². The van der Waals surface area contributed by atoms with Crippen molar-refractivity contribution in [3.63, 3.8) is 0 Å². The van der Waals surface area contributed by atoms with Crippen LogP contribution >= 0.6 is 0 Å². The third-order valence-corrected chi connectivity index (χ3v) is 2.96. The molecule has 0 atom stereocenters. The van der Waals surface area contributed by atoms with Gasteiger partial charge in [-0.1, -0.05) is 5.92 Å². The van der Waals surface area contributed by atoms with Crippen molar-refractivity contribution in [2.45, 2.75) is 59.5 Å². The van der Waals surface area contributed by atoms with E-state index in [1.807, 2.05) is 25.7 Å². The molecular formula is C14H26NO2V-. The number of piperidine rings is 1. The van der Waals surface area contributed by atoms with E-state index in [-0.39, 0.29) is 30.2 Å². The zero-order chi connectivity index (χ0) is 13.1. The zero-order valence-corrected chi connectivity index (χ0v) is 13.7. The molecule has 0 N–H and O–H groups in total. The summed E-state index contributed by atoms with van der Waals surface area (Å²) in [6.07, 6.45) is 3.24. The molecule has 105 valence electrons. The summed E-state index contributed by atoms with van der Waals surface area (Å²) in [5, 5.41) is 0. The Bertz CT molecular complexity index is 253. The van der Waals surface area contributed by atoms with Crippen LogP contribution in [-0.2, 0) is 23.3 Å². The van der Waals surface area contributed by atoms with E-state index in [9.17, 15) is 4.79 Å². The molecule has 1 rings (SSSR count). The maximum atomic E-state index is 11.8. The summed E-state index contributed by atoms with van der Waals surface area (Å²) in [6.45, 7) is 11.8. The Kier molecular flexibility index (Phi) is 7.38. The number of ether oxygens (including phenoxy) is 1. The van der Waals surface area contributed by atoms with Gasteiger partial charge in [0.05, 0.1) is 0 Å². The molecule has 0 saturated carbocycles. The van der Waals surface area contributed by atoms with E-state index in [0.717, 1.165) is 31.8 Å². The first-order chi connectivity index (χ1) is 7.78. The SMILES string of the molecule is C[C-](C)CC1CCN(C(=O)OC(C)(C)C)CC1.[V]. The van der Waals surface area contributed by atoms with Crippen molar-refractivity contribution in [3.05, 3.63) is 5.92 Å². The molecule has 0 bridgehead atoms. The second-order valence-electron chi connectivity index (χ2n) is 6.32. The summed E-state index contributed by atoms with van der Waals surface area (Å²) in [5.41, 5.74) is -0.387. The molecule has 0 aromatic heterocycles. The number of carbonyl (C=O) groups excluding carboxylic acids is 1. The van der Waals surface area contributed by atoms with Crippen LogP contribution in [0.3, 0.4) is 0 Å². The largest absolute Gasteiger partial charge is 0.444 e. The Morgan fingerprint density at radius 1 is 1.28 bits per heavy atom. The minimum atomic E-state index is -0.387. The molecule has 0 aliphatic carbocycles. The van der Waals surface area contributed by atoms with Gasteiger partial charge in [0.15, 0.2) is 0 Å². The normalized spacial score (nSPS) is 17.6. The minimum absolute atomic E-state index is 0. The first kappa shape index (κ1) is 17.9. The summed E-state index contributed by atoms with van der Waals surface area (Å²) in [7, 11) is 0. The molecule has 18 heavy (non-hydrogen) atoms. The number of nitrogens with zero attached hydrogens (tertiary/aromatic N) is 1. The quantitative estimate of drug-likeness (QED) is 0.727. The van der Waals surface area contributed by atoms with Crippen LogP contribution in [-0.4, -0.2) is 29.7 Å². The van der Waals surface area contributed by atoms with Gasteiger partial charge in [-0.3, -0.25) is 0 Å².